The van der Waals surface area contributed by atoms with E-state index < -0.39 is 0 Å². The molecule has 1 N–H and O–H groups in total. The highest BCUT2D eigenvalue weighted by Crippen LogP contribution is 2.67. The maximum Gasteiger partial charge on any atom is 0.222 e. The molecule has 1 amide bonds. The summed E-state index contributed by atoms with van der Waals surface area (Å²) in [5.74, 6) is 5.47. The van der Waals surface area contributed by atoms with Crippen LogP contribution in [0.4, 0.5) is 5.82 Å². The van der Waals surface area contributed by atoms with Gasteiger partial charge in [0.1, 0.15) is 6.33 Å². The van der Waals surface area contributed by atoms with Crippen LogP contribution in [-0.2, 0) is 4.79 Å². The maximum absolute atomic E-state index is 13.5. The number of piperazine rings is 1. The van der Waals surface area contributed by atoms with Crippen molar-refractivity contribution in [2.75, 3.05) is 31.6 Å². The normalized spacial score (nSPS) is 39.3. The van der Waals surface area contributed by atoms with Crippen molar-refractivity contribution in [3.63, 3.8) is 0 Å². The first-order chi connectivity index (χ1) is 19.7. The SMILES string of the molecule is COc1cncnc1N1CCN(C(=O)CC[C@@H](C)[C@H]2CC[C@H]3[C@@H]4CC=C5C[C@@H](O)CC[C@]5(C)[C@H]4CC[C@]23C)[C@@H](C)C1. The number of nitrogens with zero attached hydrogens (tertiary/aromatic N) is 4. The zero-order chi connectivity index (χ0) is 28.9. The summed E-state index contributed by atoms with van der Waals surface area (Å²) in [5, 5.41) is 10.3. The number of aliphatic hydroxyl groups excluding tert-OH is 1. The average molecular weight is 565 g/mol. The molecule has 1 saturated heterocycles. The Morgan fingerprint density at radius 1 is 1.17 bits per heavy atom. The quantitative estimate of drug-likeness (QED) is 0.435. The largest absolute Gasteiger partial charge is 0.491 e. The van der Waals surface area contributed by atoms with Crippen molar-refractivity contribution in [3.05, 3.63) is 24.2 Å². The molecule has 1 aromatic heterocycles. The number of fused-ring (bicyclic) bond motifs is 5. The number of methoxy groups -OCH3 is 1. The van der Waals surface area contributed by atoms with E-state index in [9.17, 15) is 9.90 Å². The molecule has 6 rings (SSSR count). The van der Waals surface area contributed by atoms with Gasteiger partial charge in [-0.2, -0.15) is 0 Å². The second kappa shape index (κ2) is 11.2. The van der Waals surface area contributed by atoms with Crippen molar-refractivity contribution in [2.45, 2.75) is 104 Å². The van der Waals surface area contributed by atoms with Crippen LogP contribution in [-0.4, -0.2) is 64.8 Å². The van der Waals surface area contributed by atoms with Crippen molar-refractivity contribution in [2.24, 2.45) is 40.4 Å². The number of aromatic nitrogens is 2. The Labute approximate surface area is 247 Å². The Morgan fingerprint density at radius 3 is 2.78 bits per heavy atom. The molecule has 7 nitrogen and oxygen atoms in total. The van der Waals surface area contributed by atoms with Gasteiger partial charge in [0.15, 0.2) is 11.6 Å². The highest BCUT2D eigenvalue weighted by Gasteiger charge is 2.59. The summed E-state index contributed by atoms with van der Waals surface area (Å²) in [6.45, 7) is 12.0. The third kappa shape index (κ3) is 4.98. The molecule has 4 aliphatic carbocycles. The van der Waals surface area contributed by atoms with Crippen LogP contribution in [0.15, 0.2) is 24.2 Å². The van der Waals surface area contributed by atoms with E-state index in [1.165, 1.54) is 32.1 Å². The second-order valence-electron chi connectivity index (χ2n) is 14.7. The number of hydrogen-bond donors (Lipinski definition) is 1. The van der Waals surface area contributed by atoms with Gasteiger partial charge in [-0.05, 0) is 105 Å². The van der Waals surface area contributed by atoms with E-state index >= 15 is 0 Å². The highest BCUT2D eigenvalue weighted by molar-refractivity contribution is 5.77. The first kappa shape index (κ1) is 28.9. The fraction of sp³-hybridized carbons (Fsp3) is 0.794. The number of rotatable bonds is 6. The van der Waals surface area contributed by atoms with E-state index in [1.807, 2.05) is 0 Å². The Morgan fingerprint density at radius 2 is 2.00 bits per heavy atom. The standard InChI is InChI=1S/C34H52N4O3/c1-22(6-11-31(40)38-17-16-37(20-23(38)2)32-30(41-5)19-35-21-36-32)27-9-10-28-26-8-7-24-18-25(39)12-14-33(24,3)29(26)13-15-34(27,28)4/h7,19,21-23,25-29,39H,6,8-18,20H2,1-5H3/t22-,23+,25+,26+,27-,28+,29+,33+,34-/m1/s1. The molecule has 0 bridgehead atoms. The summed E-state index contributed by atoms with van der Waals surface area (Å²) in [5.41, 5.74) is 2.27. The van der Waals surface area contributed by atoms with Crippen LogP contribution in [0.5, 0.6) is 5.75 Å². The predicted molar refractivity (Wildman–Crippen MR) is 162 cm³/mol. The summed E-state index contributed by atoms with van der Waals surface area (Å²) >= 11 is 0. The smallest absolute Gasteiger partial charge is 0.222 e. The van der Waals surface area contributed by atoms with Crippen LogP contribution in [0.25, 0.3) is 0 Å². The number of anilines is 1. The Bertz CT molecular complexity index is 1160. The molecule has 7 heteroatoms. The lowest BCUT2D eigenvalue weighted by Crippen LogP contribution is -2.54. The van der Waals surface area contributed by atoms with E-state index in [-0.39, 0.29) is 12.1 Å². The topological polar surface area (TPSA) is 78.8 Å². The number of amides is 1. The third-order valence-electron chi connectivity index (χ3n) is 12.8. The molecular formula is C34H52N4O3. The van der Waals surface area contributed by atoms with Gasteiger partial charge < -0.3 is 19.6 Å². The van der Waals surface area contributed by atoms with E-state index in [0.29, 0.717) is 40.7 Å². The molecule has 9 atom stereocenters. The van der Waals surface area contributed by atoms with Gasteiger partial charge in [-0.25, -0.2) is 9.97 Å². The summed E-state index contributed by atoms with van der Waals surface area (Å²) in [7, 11) is 1.65. The zero-order valence-corrected chi connectivity index (χ0v) is 26.0. The summed E-state index contributed by atoms with van der Waals surface area (Å²) < 4.78 is 5.47. The van der Waals surface area contributed by atoms with Gasteiger partial charge in [0.2, 0.25) is 5.91 Å². The van der Waals surface area contributed by atoms with Gasteiger partial charge in [0.05, 0.1) is 19.4 Å². The van der Waals surface area contributed by atoms with Gasteiger partial charge in [-0.3, -0.25) is 4.79 Å². The van der Waals surface area contributed by atoms with E-state index in [2.05, 4.69) is 53.5 Å². The van der Waals surface area contributed by atoms with Crippen molar-refractivity contribution in [1.29, 1.82) is 0 Å². The second-order valence-corrected chi connectivity index (χ2v) is 14.7. The van der Waals surface area contributed by atoms with Crippen LogP contribution in [0, 0.1) is 40.4 Å². The molecule has 1 aliphatic heterocycles. The van der Waals surface area contributed by atoms with Gasteiger partial charge in [0, 0.05) is 32.1 Å². The van der Waals surface area contributed by atoms with Gasteiger partial charge in [-0.15, -0.1) is 0 Å². The number of carbonyl (C=O) groups excluding carboxylic acids is 1. The molecule has 0 unspecified atom stereocenters. The van der Waals surface area contributed by atoms with E-state index in [1.54, 1.807) is 25.2 Å². The first-order valence-electron chi connectivity index (χ1n) is 16.4. The summed E-state index contributed by atoms with van der Waals surface area (Å²) in [4.78, 5) is 26.3. The number of ether oxygens (including phenoxy) is 1. The van der Waals surface area contributed by atoms with Crippen LogP contribution < -0.4 is 9.64 Å². The van der Waals surface area contributed by atoms with Gasteiger partial charge in [-0.1, -0.05) is 32.4 Å². The number of allylic oxidation sites excluding steroid dienone is 1. The van der Waals surface area contributed by atoms with E-state index in [0.717, 1.165) is 68.9 Å². The first-order valence-corrected chi connectivity index (χ1v) is 16.4. The number of hydrogen-bond acceptors (Lipinski definition) is 6. The Hall–Kier alpha value is -2.15. The zero-order valence-electron chi connectivity index (χ0n) is 26.0. The minimum absolute atomic E-state index is 0.132. The molecule has 1 aromatic rings. The molecule has 226 valence electrons. The fourth-order valence-electron chi connectivity index (χ4n) is 10.5. The molecule has 0 aromatic carbocycles. The molecule has 3 saturated carbocycles. The number of aliphatic hydroxyl groups is 1. The van der Waals surface area contributed by atoms with Crippen molar-refractivity contribution < 1.29 is 14.6 Å². The Balaban J connectivity index is 1.05. The maximum atomic E-state index is 13.5. The van der Waals surface area contributed by atoms with Crippen molar-refractivity contribution >= 4 is 11.7 Å². The van der Waals surface area contributed by atoms with Gasteiger partial charge >= 0.3 is 0 Å². The van der Waals surface area contributed by atoms with E-state index in [4.69, 9.17) is 4.74 Å². The van der Waals surface area contributed by atoms with Crippen LogP contribution in [0.2, 0.25) is 0 Å². The molecule has 5 aliphatic rings. The van der Waals surface area contributed by atoms with Crippen LogP contribution >= 0.6 is 0 Å². The molecule has 4 fully saturated rings. The summed E-state index contributed by atoms with van der Waals surface area (Å²) in [6, 6.07) is 0.140. The van der Waals surface area contributed by atoms with Crippen LogP contribution in [0.1, 0.15) is 91.9 Å². The average Bonchev–Trinajstić information content (AvgIpc) is 3.33. The minimum atomic E-state index is -0.132. The lowest BCUT2D eigenvalue weighted by molar-refractivity contribution is -0.134. The molecule has 0 radical (unpaired) electrons. The highest BCUT2D eigenvalue weighted by atomic mass is 16.5. The Kier molecular flexibility index (Phi) is 7.88. The van der Waals surface area contributed by atoms with Crippen molar-refractivity contribution in [3.8, 4) is 5.75 Å². The van der Waals surface area contributed by atoms with Gasteiger partial charge in [0.25, 0.3) is 0 Å². The monoisotopic (exact) mass is 564 g/mol. The molecule has 0 spiro atoms. The third-order valence-corrected chi connectivity index (χ3v) is 12.8. The predicted octanol–water partition coefficient (Wildman–Crippen LogP) is 5.88. The minimum Gasteiger partial charge on any atom is -0.491 e. The lowest BCUT2D eigenvalue weighted by atomic mass is 9.47. The summed E-state index contributed by atoms with van der Waals surface area (Å²) in [6.07, 6.45) is 16.9. The molecule has 2 heterocycles. The fourth-order valence-corrected chi connectivity index (χ4v) is 10.5. The van der Waals surface area contributed by atoms with Crippen molar-refractivity contribution in [1.82, 2.24) is 14.9 Å². The van der Waals surface area contributed by atoms with Crippen LogP contribution in [0.3, 0.4) is 0 Å². The number of carbonyl (C=O) groups is 1. The lowest BCUT2D eigenvalue weighted by Gasteiger charge is -2.58. The molecule has 41 heavy (non-hydrogen) atoms. The molecular weight excluding hydrogens is 512 g/mol.